The van der Waals surface area contributed by atoms with E-state index < -0.39 is 5.54 Å². The summed E-state index contributed by atoms with van der Waals surface area (Å²) >= 11 is 1.71. The second-order valence-corrected chi connectivity index (χ2v) is 6.80. The van der Waals surface area contributed by atoms with Crippen LogP contribution in [0.25, 0.3) is 10.9 Å². The SMILES string of the molecule is O=C1N[C@]2(CCSC2)C(=O)N1Cc1cccc2cccnc12. The number of thioether (sulfide) groups is 1. The number of hydrogen-bond donors (Lipinski definition) is 1. The Morgan fingerprint density at radius 2 is 2.14 bits per heavy atom. The van der Waals surface area contributed by atoms with Gasteiger partial charge in [-0.2, -0.15) is 11.8 Å². The van der Waals surface area contributed by atoms with Gasteiger partial charge >= 0.3 is 6.03 Å². The Morgan fingerprint density at radius 3 is 2.95 bits per heavy atom. The minimum atomic E-state index is -0.681. The molecule has 3 amide bonds. The van der Waals surface area contributed by atoms with Crippen molar-refractivity contribution < 1.29 is 9.59 Å². The molecule has 1 atom stereocenters. The molecule has 0 saturated carbocycles. The summed E-state index contributed by atoms with van der Waals surface area (Å²) in [5, 5.41) is 3.91. The van der Waals surface area contributed by atoms with Gasteiger partial charge in [0.15, 0.2) is 0 Å². The molecule has 1 N–H and O–H groups in total. The van der Waals surface area contributed by atoms with Gasteiger partial charge in [-0.15, -0.1) is 0 Å². The zero-order valence-corrected chi connectivity index (χ0v) is 12.7. The van der Waals surface area contributed by atoms with Crippen molar-refractivity contribution >= 4 is 34.6 Å². The van der Waals surface area contributed by atoms with Gasteiger partial charge in [0, 0.05) is 17.3 Å². The third kappa shape index (κ3) is 1.98. The Kier molecular flexibility index (Phi) is 3.07. The molecular weight excluding hydrogens is 298 g/mol. The van der Waals surface area contributed by atoms with Crippen LogP contribution < -0.4 is 5.32 Å². The number of nitrogens with one attached hydrogen (secondary N) is 1. The number of nitrogens with zero attached hydrogens (tertiary/aromatic N) is 2. The molecule has 5 nitrogen and oxygen atoms in total. The fourth-order valence-corrected chi connectivity index (χ4v) is 4.44. The lowest BCUT2D eigenvalue weighted by atomic mass is 9.99. The van der Waals surface area contributed by atoms with Crippen LogP contribution in [0.1, 0.15) is 12.0 Å². The predicted molar refractivity (Wildman–Crippen MR) is 85.5 cm³/mol. The molecule has 0 radical (unpaired) electrons. The molecule has 112 valence electrons. The molecule has 2 aromatic rings. The first-order valence-electron chi connectivity index (χ1n) is 7.24. The lowest BCUT2D eigenvalue weighted by Crippen LogP contribution is -2.46. The average molecular weight is 313 g/mol. The molecule has 2 fully saturated rings. The van der Waals surface area contributed by atoms with Crippen LogP contribution in [0.3, 0.4) is 0 Å². The summed E-state index contributed by atoms with van der Waals surface area (Å²) in [6, 6.07) is 9.40. The summed E-state index contributed by atoms with van der Waals surface area (Å²) in [6.45, 7) is 0.269. The Morgan fingerprint density at radius 1 is 1.27 bits per heavy atom. The Balaban J connectivity index is 1.68. The minimum Gasteiger partial charge on any atom is -0.322 e. The lowest BCUT2D eigenvalue weighted by Gasteiger charge is -2.19. The Bertz CT molecular complexity index is 766. The van der Waals surface area contributed by atoms with Crippen LogP contribution in [0.15, 0.2) is 36.5 Å². The standard InChI is InChI=1S/C16H15N3O2S/c20-14-16(6-8-22-10-16)18-15(21)19(14)9-12-4-1-3-11-5-2-7-17-13(11)12/h1-5,7H,6,8-10H2,(H,18,21)/t16-/m0/s1. The summed E-state index contributed by atoms with van der Waals surface area (Å²) < 4.78 is 0. The summed E-state index contributed by atoms with van der Waals surface area (Å²) in [5.41, 5.74) is 1.05. The van der Waals surface area contributed by atoms with Crippen LogP contribution in [-0.2, 0) is 11.3 Å². The van der Waals surface area contributed by atoms with E-state index in [1.807, 2.05) is 30.3 Å². The van der Waals surface area contributed by atoms with Gasteiger partial charge in [-0.25, -0.2) is 4.79 Å². The molecule has 2 aliphatic rings. The first kappa shape index (κ1) is 13.6. The summed E-state index contributed by atoms with van der Waals surface area (Å²) in [6.07, 6.45) is 2.44. The van der Waals surface area contributed by atoms with E-state index in [1.165, 1.54) is 4.90 Å². The van der Waals surface area contributed by atoms with E-state index in [2.05, 4.69) is 10.3 Å². The molecule has 1 aromatic heterocycles. The number of rotatable bonds is 2. The van der Waals surface area contributed by atoms with Gasteiger partial charge in [0.2, 0.25) is 0 Å². The first-order valence-corrected chi connectivity index (χ1v) is 8.40. The number of pyridine rings is 1. The maximum absolute atomic E-state index is 12.7. The minimum absolute atomic E-state index is 0.101. The highest BCUT2D eigenvalue weighted by molar-refractivity contribution is 7.99. The van der Waals surface area contributed by atoms with E-state index >= 15 is 0 Å². The fraction of sp³-hybridized carbons (Fsp3) is 0.312. The molecule has 0 bridgehead atoms. The average Bonchev–Trinajstić information content (AvgIpc) is 3.09. The van der Waals surface area contributed by atoms with E-state index in [4.69, 9.17) is 0 Å². The van der Waals surface area contributed by atoms with E-state index in [0.29, 0.717) is 12.2 Å². The van der Waals surface area contributed by atoms with Crippen molar-refractivity contribution in [2.75, 3.05) is 11.5 Å². The first-order chi connectivity index (χ1) is 10.7. The Labute approximate surface area is 132 Å². The molecule has 1 spiro atoms. The number of benzene rings is 1. The molecule has 6 heteroatoms. The van der Waals surface area contributed by atoms with E-state index in [9.17, 15) is 9.59 Å². The van der Waals surface area contributed by atoms with Crippen molar-refractivity contribution in [3.63, 3.8) is 0 Å². The highest BCUT2D eigenvalue weighted by Crippen LogP contribution is 2.34. The number of amides is 3. The van der Waals surface area contributed by atoms with Gasteiger partial charge in [-0.1, -0.05) is 24.3 Å². The number of para-hydroxylation sites is 1. The van der Waals surface area contributed by atoms with Gasteiger partial charge in [-0.05, 0) is 23.8 Å². The van der Waals surface area contributed by atoms with Crippen LogP contribution in [0, 0.1) is 0 Å². The normalized spacial score (nSPS) is 24.5. The lowest BCUT2D eigenvalue weighted by molar-refractivity contribution is -0.130. The zero-order valence-electron chi connectivity index (χ0n) is 11.9. The van der Waals surface area contributed by atoms with Crippen LogP contribution in [0.2, 0.25) is 0 Å². The summed E-state index contributed by atoms with van der Waals surface area (Å²) in [4.78, 5) is 30.7. The fourth-order valence-electron chi connectivity index (χ4n) is 3.12. The van der Waals surface area contributed by atoms with Gasteiger partial charge in [0.05, 0.1) is 12.1 Å². The van der Waals surface area contributed by atoms with Gasteiger partial charge in [0.25, 0.3) is 5.91 Å². The molecule has 1 aromatic carbocycles. The second kappa shape index (κ2) is 4.98. The molecule has 0 unspecified atom stereocenters. The highest BCUT2D eigenvalue weighted by atomic mass is 32.2. The number of aromatic nitrogens is 1. The maximum atomic E-state index is 12.7. The number of urea groups is 1. The van der Waals surface area contributed by atoms with Crippen molar-refractivity contribution in [1.29, 1.82) is 0 Å². The third-order valence-corrected chi connectivity index (χ3v) is 5.50. The van der Waals surface area contributed by atoms with Crippen molar-refractivity contribution in [3.05, 3.63) is 42.1 Å². The smallest absolute Gasteiger partial charge is 0.322 e. The number of hydrogen-bond acceptors (Lipinski definition) is 4. The highest BCUT2D eigenvalue weighted by Gasteiger charge is 2.52. The monoisotopic (exact) mass is 313 g/mol. The summed E-state index contributed by atoms with van der Waals surface area (Å²) in [5.74, 6) is 1.48. The van der Waals surface area contributed by atoms with Crippen LogP contribution in [0.5, 0.6) is 0 Å². The molecule has 22 heavy (non-hydrogen) atoms. The summed E-state index contributed by atoms with van der Waals surface area (Å²) in [7, 11) is 0. The quantitative estimate of drug-likeness (QED) is 0.863. The van der Waals surface area contributed by atoms with Crippen LogP contribution in [-0.4, -0.2) is 38.9 Å². The van der Waals surface area contributed by atoms with Crippen LogP contribution >= 0.6 is 11.8 Å². The van der Waals surface area contributed by atoms with Gasteiger partial charge in [0.1, 0.15) is 5.54 Å². The number of carbonyl (C=O) groups excluding carboxylic acids is 2. The largest absolute Gasteiger partial charge is 0.325 e. The van der Waals surface area contributed by atoms with Crippen molar-refractivity contribution in [1.82, 2.24) is 15.2 Å². The third-order valence-electron chi connectivity index (χ3n) is 4.31. The topological polar surface area (TPSA) is 62.3 Å². The van der Waals surface area contributed by atoms with E-state index in [-0.39, 0.29) is 18.5 Å². The van der Waals surface area contributed by atoms with E-state index in [1.54, 1.807) is 18.0 Å². The molecule has 2 saturated heterocycles. The number of carbonyl (C=O) groups is 2. The van der Waals surface area contributed by atoms with Crippen molar-refractivity contribution in [3.8, 4) is 0 Å². The molecule has 4 rings (SSSR count). The van der Waals surface area contributed by atoms with Crippen molar-refractivity contribution in [2.45, 2.75) is 18.5 Å². The molecule has 0 aliphatic carbocycles. The molecule has 3 heterocycles. The predicted octanol–water partition coefficient (Wildman–Crippen LogP) is 2.16. The second-order valence-electron chi connectivity index (χ2n) is 5.70. The van der Waals surface area contributed by atoms with E-state index in [0.717, 1.165) is 22.2 Å². The number of fused-ring (bicyclic) bond motifs is 1. The Hall–Kier alpha value is -2.08. The van der Waals surface area contributed by atoms with Gasteiger partial charge in [-0.3, -0.25) is 14.7 Å². The van der Waals surface area contributed by atoms with Gasteiger partial charge < -0.3 is 5.32 Å². The van der Waals surface area contributed by atoms with Crippen molar-refractivity contribution in [2.24, 2.45) is 0 Å². The number of imide groups is 1. The molecular formula is C16H15N3O2S. The zero-order chi connectivity index (χ0) is 15.2. The maximum Gasteiger partial charge on any atom is 0.325 e. The van der Waals surface area contributed by atoms with Crippen LogP contribution in [0.4, 0.5) is 4.79 Å². The molecule has 2 aliphatic heterocycles.